The average molecular weight is 476 g/mol. The molecule has 1 aliphatic rings. The summed E-state index contributed by atoms with van der Waals surface area (Å²) < 4.78 is 39.4. The fourth-order valence-corrected chi connectivity index (χ4v) is 4.03. The molecule has 0 radical (unpaired) electrons. The number of ketones is 1. The third kappa shape index (κ3) is 7.40. The highest BCUT2D eigenvalue weighted by atomic mass is 32.2. The van der Waals surface area contributed by atoms with Crippen LogP contribution in [0.5, 0.6) is 5.75 Å². The number of morpholine rings is 1. The summed E-state index contributed by atoms with van der Waals surface area (Å²) in [6, 6.07) is 11.9. The third-order valence-corrected chi connectivity index (χ3v) is 5.90. The zero-order chi connectivity index (χ0) is 23.6. The van der Waals surface area contributed by atoms with Gasteiger partial charge in [-0.15, -0.1) is 11.8 Å². The van der Waals surface area contributed by atoms with Crippen molar-refractivity contribution in [3.63, 3.8) is 0 Å². The molecular weight excluding hydrogens is 448 g/mol. The number of carbonyl (C=O) groups is 2. The van der Waals surface area contributed by atoms with Crippen LogP contribution in [0.1, 0.15) is 35.7 Å². The molecule has 1 fully saturated rings. The molecule has 1 unspecified atom stereocenters. The van der Waals surface area contributed by atoms with Gasteiger partial charge in [0.25, 0.3) is 0 Å². The molecule has 2 aromatic rings. The molecule has 0 spiro atoms. The van der Waals surface area contributed by atoms with Gasteiger partial charge >= 0.3 is 0 Å². The van der Waals surface area contributed by atoms with E-state index in [2.05, 4.69) is 0 Å². The standard InChI is InChI=1S/C25H27F2NO4S/c1-2-23(29)19-14-21(26)25(22(27)15-19)32-17-20-16-28(10-11-31-20)24(30)9-13-33-12-8-18-6-4-3-5-7-18/h3-8,12,14-15,20H,2,9-11,13,16-17H2,1H3. The van der Waals surface area contributed by atoms with Crippen molar-refractivity contribution in [3.8, 4) is 5.75 Å². The van der Waals surface area contributed by atoms with E-state index in [4.69, 9.17) is 9.47 Å². The normalized spacial score (nSPS) is 16.2. The largest absolute Gasteiger partial charge is 0.485 e. The monoisotopic (exact) mass is 475 g/mol. The van der Waals surface area contributed by atoms with Crippen molar-refractivity contribution in [1.82, 2.24) is 4.90 Å². The number of hydrogen-bond acceptors (Lipinski definition) is 5. The number of carbonyl (C=O) groups excluding carboxylic acids is 2. The Hall–Kier alpha value is -2.71. The fraction of sp³-hybridized carbons (Fsp3) is 0.360. The van der Waals surface area contributed by atoms with Gasteiger partial charge in [0.15, 0.2) is 23.2 Å². The molecule has 0 saturated carbocycles. The van der Waals surface area contributed by atoms with Gasteiger partial charge in [0, 0.05) is 30.7 Å². The third-order valence-electron chi connectivity index (χ3n) is 5.14. The van der Waals surface area contributed by atoms with E-state index in [9.17, 15) is 18.4 Å². The number of benzene rings is 2. The number of Topliss-reactive ketones (excluding diaryl/α,β-unsaturated/α-hetero) is 1. The Morgan fingerprint density at radius 2 is 1.94 bits per heavy atom. The van der Waals surface area contributed by atoms with Crippen molar-refractivity contribution in [2.75, 3.05) is 32.1 Å². The van der Waals surface area contributed by atoms with Gasteiger partial charge in [0.05, 0.1) is 13.2 Å². The number of nitrogens with zero attached hydrogens (tertiary/aromatic N) is 1. The first kappa shape index (κ1) is 24.9. The van der Waals surface area contributed by atoms with Gasteiger partial charge in [-0.3, -0.25) is 9.59 Å². The minimum Gasteiger partial charge on any atom is -0.485 e. The van der Waals surface area contributed by atoms with Crippen LogP contribution in [-0.2, 0) is 9.53 Å². The summed E-state index contributed by atoms with van der Waals surface area (Å²) in [4.78, 5) is 25.9. The van der Waals surface area contributed by atoms with E-state index in [-0.39, 0.29) is 30.3 Å². The van der Waals surface area contributed by atoms with Crippen LogP contribution in [0.4, 0.5) is 8.78 Å². The van der Waals surface area contributed by atoms with Crippen molar-refractivity contribution in [2.24, 2.45) is 0 Å². The predicted molar refractivity (Wildman–Crippen MR) is 125 cm³/mol. The zero-order valence-corrected chi connectivity index (χ0v) is 19.3. The molecule has 1 atom stereocenters. The predicted octanol–water partition coefficient (Wildman–Crippen LogP) is 4.96. The Balaban J connectivity index is 1.45. The lowest BCUT2D eigenvalue weighted by Crippen LogP contribution is -2.47. The van der Waals surface area contributed by atoms with Crippen LogP contribution in [0.15, 0.2) is 47.9 Å². The van der Waals surface area contributed by atoms with E-state index >= 15 is 0 Å². The van der Waals surface area contributed by atoms with E-state index in [1.807, 2.05) is 41.8 Å². The number of halogens is 2. The first-order chi connectivity index (χ1) is 16.0. The van der Waals surface area contributed by atoms with Gasteiger partial charge < -0.3 is 14.4 Å². The van der Waals surface area contributed by atoms with Crippen molar-refractivity contribution in [1.29, 1.82) is 0 Å². The molecule has 2 aromatic carbocycles. The van der Waals surface area contributed by atoms with Crippen LogP contribution in [0.25, 0.3) is 6.08 Å². The summed E-state index contributed by atoms with van der Waals surface area (Å²) in [7, 11) is 0. The maximum Gasteiger partial charge on any atom is 0.223 e. The summed E-state index contributed by atoms with van der Waals surface area (Å²) in [5.74, 6) is -2.11. The number of ether oxygens (including phenoxy) is 2. The second kappa shape index (κ2) is 12.5. The molecule has 176 valence electrons. The summed E-state index contributed by atoms with van der Waals surface area (Å²) in [6.07, 6.45) is 2.04. The second-order valence-electron chi connectivity index (χ2n) is 7.52. The van der Waals surface area contributed by atoms with Gasteiger partial charge in [0.1, 0.15) is 12.7 Å². The van der Waals surface area contributed by atoms with Gasteiger partial charge in [0.2, 0.25) is 5.91 Å². The van der Waals surface area contributed by atoms with Crippen LogP contribution in [0.2, 0.25) is 0 Å². The SMILES string of the molecule is CCC(=O)c1cc(F)c(OCC2CN(C(=O)CCSC=Cc3ccccc3)CCO2)c(F)c1. The second-order valence-corrected chi connectivity index (χ2v) is 8.54. The molecule has 8 heteroatoms. The maximum absolute atomic E-state index is 14.2. The van der Waals surface area contributed by atoms with Gasteiger partial charge in [-0.25, -0.2) is 8.78 Å². The van der Waals surface area contributed by atoms with Crippen LogP contribution < -0.4 is 4.74 Å². The van der Waals surface area contributed by atoms with Crippen molar-refractivity contribution >= 4 is 29.5 Å². The fourth-order valence-electron chi connectivity index (χ4n) is 3.35. The number of rotatable bonds is 10. The Kier molecular flexibility index (Phi) is 9.45. The molecule has 1 aliphatic heterocycles. The van der Waals surface area contributed by atoms with E-state index in [0.717, 1.165) is 17.7 Å². The Labute approximate surface area is 196 Å². The maximum atomic E-state index is 14.2. The number of amides is 1. The van der Waals surface area contributed by atoms with Crippen LogP contribution in [-0.4, -0.2) is 54.8 Å². The molecular formula is C25H27F2NO4S. The molecule has 0 bridgehead atoms. The lowest BCUT2D eigenvalue weighted by molar-refractivity contribution is -0.139. The minimum absolute atomic E-state index is 0.00343. The van der Waals surface area contributed by atoms with E-state index in [0.29, 0.717) is 31.9 Å². The van der Waals surface area contributed by atoms with Crippen LogP contribution in [0, 0.1) is 11.6 Å². The first-order valence-corrected chi connectivity index (χ1v) is 11.9. The Bertz CT molecular complexity index is 961. The van der Waals surface area contributed by atoms with Crippen LogP contribution >= 0.6 is 11.8 Å². The highest BCUT2D eigenvalue weighted by Crippen LogP contribution is 2.25. The number of hydrogen-bond donors (Lipinski definition) is 0. The zero-order valence-electron chi connectivity index (χ0n) is 18.5. The van der Waals surface area contributed by atoms with E-state index < -0.39 is 23.5 Å². The van der Waals surface area contributed by atoms with Gasteiger partial charge in [-0.2, -0.15) is 0 Å². The highest BCUT2D eigenvalue weighted by molar-refractivity contribution is 8.02. The average Bonchev–Trinajstić information content (AvgIpc) is 2.83. The van der Waals surface area contributed by atoms with Gasteiger partial charge in [-0.05, 0) is 29.2 Å². The Morgan fingerprint density at radius 3 is 2.64 bits per heavy atom. The molecule has 0 aliphatic carbocycles. The van der Waals surface area contributed by atoms with Crippen molar-refractivity contribution in [2.45, 2.75) is 25.9 Å². The highest BCUT2D eigenvalue weighted by Gasteiger charge is 2.25. The summed E-state index contributed by atoms with van der Waals surface area (Å²) in [5, 5.41) is 1.97. The first-order valence-electron chi connectivity index (χ1n) is 10.9. The Morgan fingerprint density at radius 1 is 1.21 bits per heavy atom. The molecule has 33 heavy (non-hydrogen) atoms. The number of thioether (sulfide) groups is 1. The molecule has 1 saturated heterocycles. The summed E-state index contributed by atoms with van der Waals surface area (Å²) >= 11 is 1.57. The molecule has 1 amide bonds. The van der Waals surface area contributed by atoms with Crippen LogP contribution in [0.3, 0.4) is 0 Å². The quantitative estimate of drug-likeness (QED) is 0.359. The molecule has 0 N–H and O–H groups in total. The van der Waals surface area contributed by atoms with Crippen molar-refractivity contribution in [3.05, 3.63) is 70.6 Å². The molecule has 0 aromatic heterocycles. The topological polar surface area (TPSA) is 55.8 Å². The lowest BCUT2D eigenvalue weighted by atomic mass is 10.1. The molecule has 3 rings (SSSR count). The van der Waals surface area contributed by atoms with Crippen molar-refractivity contribution < 1.29 is 27.8 Å². The summed E-state index contributed by atoms with van der Waals surface area (Å²) in [6.45, 7) is 2.61. The molecule has 5 nitrogen and oxygen atoms in total. The summed E-state index contributed by atoms with van der Waals surface area (Å²) in [5.41, 5.74) is 1.08. The lowest BCUT2D eigenvalue weighted by Gasteiger charge is -2.33. The minimum atomic E-state index is -0.934. The molecule has 1 heterocycles. The van der Waals surface area contributed by atoms with E-state index in [1.54, 1.807) is 23.6 Å². The smallest absolute Gasteiger partial charge is 0.223 e. The van der Waals surface area contributed by atoms with E-state index in [1.165, 1.54) is 0 Å². The van der Waals surface area contributed by atoms with Gasteiger partial charge in [-0.1, -0.05) is 37.3 Å².